The summed E-state index contributed by atoms with van der Waals surface area (Å²) in [6.07, 6.45) is 0.654. The molecule has 0 saturated heterocycles. The van der Waals surface area contributed by atoms with Gasteiger partial charge in [0.2, 0.25) is 0 Å². The van der Waals surface area contributed by atoms with Gasteiger partial charge in [-0.3, -0.25) is 14.9 Å². The first kappa shape index (κ1) is 19.6. The predicted octanol–water partition coefficient (Wildman–Crippen LogP) is 3.57. The van der Waals surface area contributed by atoms with Gasteiger partial charge in [0.15, 0.2) is 0 Å². The zero-order chi connectivity index (χ0) is 18.3. The van der Waals surface area contributed by atoms with Crippen LogP contribution < -0.4 is 5.32 Å². The summed E-state index contributed by atoms with van der Waals surface area (Å²) in [7, 11) is 0. The number of nitro benzene ring substituents is 1. The van der Waals surface area contributed by atoms with E-state index in [4.69, 9.17) is 4.74 Å². The first-order valence-corrected chi connectivity index (χ1v) is 7.82. The Hall–Kier alpha value is -2.44. The van der Waals surface area contributed by atoms with Crippen molar-refractivity contribution in [2.24, 2.45) is 0 Å². The Morgan fingerprint density at radius 3 is 2.29 bits per heavy atom. The molecule has 7 nitrogen and oxygen atoms in total. The topological polar surface area (TPSA) is 98.5 Å². The number of ketones is 1. The largest absolute Gasteiger partial charge is 0.444 e. The number of nitrogens with zero attached hydrogens (tertiary/aromatic N) is 1. The Morgan fingerprint density at radius 2 is 1.83 bits per heavy atom. The molecular formula is C17H24N2O5. The minimum Gasteiger partial charge on any atom is -0.444 e. The molecule has 0 saturated carbocycles. The van der Waals surface area contributed by atoms with Gasteiger partial charge in [-0.05, 0) is 46.1 Å². The van der Waals surface area contributed by atoms with Crippen LogP contribution in [0.3, 0.4) is 0 Å². The Kier molecular flexibility index (Phi) is 6.88. The SMILES string of the molecule is CC(=O)C(CCCNC(=O)OC(C)(C)C)c1ccc([N+](=O)[O-])cc1. The smallest absolute Gasteiger partial charge is 0.407 e. The van der Waals surface area contributed by atoms with Gasteiger partial charge in [-0.25, -0.2) is 4.79 Å². The van der Waals surface area contributed by atoms with Crippen LogP contribution in [0.2, 0.25) is 0 Å². The highest BCUT2D eigenvalue weighted by atomic mass is 16.6. The number of carbonyl (C=O) groups is 2. The molecule has 0 spiro atoms. The molecule has 1 atom stereocenters. The van der Waals surface area contributed by atoms with Crippen LogP contribution in [-0.2, 0) is 9.53 Å². The van der Waals surface area contributed by atoms with Crippen molar-refractivity contribution in [3.8, 4) is 0 Å². The Labute approximate surface area is 141 Å². The van der Waals surface area contributed by atoms with Gasteiger partial charge >= 0.3 is 6.09 Å². The van der Waals surface area contributed by atoms with E-state index in [1.807, 2.05) is 0 Å². The Morgan fingerprint density at radius 1 is 1.25 bits per heavy atom. The lowest BCUT2D eigenvalue weighted by Crippen LogP contribution is -2.33. The number of Topliss-reactive ketones (excluding diaryl/α,β-unsaturated/α-hetero) is 1. The van der Waals surface area contributed by atoms with E-state index in [1.165, 1.54) is 19.1 Å². The number of carbonyl (C=O) groups excluding carboxylic acids is 2. The van der Waals surface area contributed by atoms with Gasteiger partial charge in [-0.15, -0.1) is 0 Å². The minimum absolute atomic E-state index is 0.00681. The van der Waals surface area contributed by atoms with Crippen molar-refractivity contribution >= 4 is 17.6 Å². The minimum atomic E-state index is -0.551. The number of non-ortho nitro benzene ring substituents is 1. The van der Waals surface area contributed by atoms with Crippen LogP contribution in [0.5, 0.6) is 0 Å². The molecule has 0 heterocycles. The quantitative estimate of drug-likeness (QED) is 0.466. The van der Waals surface area contributed by atoms with Gasteiger partial charge in [-0.2, -0.15) is 0 Å². The molecule has 7 heteroatoms. The highest BCUT2D eigenvalue weighted by molar-refractivity contribution is 5.83. The van der Waals surface area contributed by atoms with Crippen LogP contribution in [0.1, 0.15) is 52.0 Å². The number of hydrogen-bond donors (Lipinski definition) is 1. The highest BCUT2D eigenvalue weighted by Crippen LogP contribution is 2.24. The number of nitro groups is 1. The van der Waals surface area contributed by atoms with Crippen LogP contribution in [0.15, 0.2) is 24.3 Å². The van der Waals surface area contributed by atoms with E-state index in [0.717, 1.165) is 5.56 Å². The lowest BCUT2D eigenvalue weighted by Gasteiger charge is -2.20. The average Bonchev–Trinajstić information content (AvgIpc) is 2.45. The normalized spacial score (nSPS) is 12.3. The van der Waals surface area contributed by atoms with Crippen LogP contribution in [0.4, 0.5) is 10.5 Å². The molecule has 1 N–H and O–H groups in total. The zero-order valence-electron chi connectivity index (χ0n) is 14.5. The van der Waals surface area contributed by atoms with E-state index in [1.54, 1.807) is 32.9 Å². The molecule has 0 aromatic heterocycles. The maximum atomic E-state index is 11.8. The fourth-order valence-corrected chi connectivity index (χ4v) is 2.24. The molecule has 1 unspecified atom stereocenters. The van der Waals surface area contributed by atoms with Crippen LogP contribution in [0.25, 0.3) is 0 Å². The monoisotopic (exact) mass is 336 g/mol. The summed E-state index contributed by atoms with van der Waals surface area (Å²) in [5, 5.41) is 13.3. The molecule has 132 valence electrons. The van der Waals surface area contributed by atoms with Crippen LogP contribution in [0, 0.1) is 10.1 Å². The second kappa shape index (κ2) is 8.42. The van der Waals surface area contributed by atoms with Crippen molar-refractivity contribution < 1.29 is 19.2 Å². The number of rotatable bonds is 7. The number of alkyl carbamates (subject to hydrolysis) is 1. The van der Waals surface area contributed by atoms with Crippen molar-refractivity contribution in [2.45, 2.75) is 52.1 Å². The molecule has 0 aliphatic rings. The van der Waals surface area contributed by atoms with Gasteiger partial charge in [0.1, 0.15) is 11.4 Å². The second-order valence-electron chi connectivity index (χ2n) is 6.58. The van der Waals surface area contributed by atoms with Crippen molar-refractivity contribution in [3.05, 3.63) is 39.9 Å². The molecule has 24 heavy (non-hydrogen) atoms. The number of nitrogens with one attached hydrogen (secondary N) is 1. The molecule has 1 aromatic carbocycles. The summed E-state index contributed by atoms with van der Waals surface area (Å²) < 4.78 is 5.13. The first-order valence-electron chi connectivity index (χ1n) is 7.82. The molecular weight excluding hydrogens is 312 g/mol. The van der Waals surface area contributed by atoms with Gasteiger partial charge in [0.25, 0.3) is 5.69 Å². The van der Waals surface area contributed by atoms with Crippen molar-refractivity contribution in [2.75, 3.05) is 6.54 Å². The molecule has 0 aliphatic heterocycles. The van der Waals surface area contributed by atoms with E-state index < -0.39 is 16.6 Å². The van der Waals surface area contributed by atoms with Gasteiger partial charge in [0.05, 0.1) is 4.92 Å². The van der Waals surface area contributed by atoms with Gasteiger partial charge in [0, 0.05) is 24.6 Å². The number of amides is 1. The third-order valence-corrected chi connectivity index (χ3v) is 3.33. The number of benzene rings is 1. The van der Waals surface area contributed by atoms with E-state index in [-0.39, 0.29) is 17.4 Å². The fourth-order valence-electron chi connectivity index (χ4n) is 2.24. The third kappa shape index (κ3) is 6.76. The summed E-state index contributed by atoms with van der Waals surface area (Å²) in [4.78, 5) is 33.6. The summed E-state index contributed by atoms with van der Waals surface area (Å²) in [6.45, 7) is 7.24. The zero-order valence-corrected chi connectivity index (χ0v) is 14.5. The van der Waals surface area contributed by atoms with Crippen molar-refractivity contribution in [1.82, 2.24) is 5.32 Å². The molecule has 1 amide bonds. The Bertz CT molecular complexity index is 590. The van der Waals surface area contributed by atoms with E-state index in [0.29, 0.717) is 19.4 Å². The second-order valence-corrected chi connectivity index (χ2v) is 6.58. The number of hydrogen-bond acceptors (Lipinski definition) is 5. The number of ether oxygens (including phenoxy) is 1. The molecule has 0 fully saturated rings. The average molecular weight is 336 g/mol. The van der Waals surface area contributed by atoms with Crippen LogP contribution >= 0.6 is 0 Å². The Balaban J connectivity index is 2.54. The summed E-state index contributed by atoms with van der Waals surface area (Å²) in [6, 6.07) is 5.99. The third-order valence-electron chi connectivity index (χ3n) is 3.33. The van der Waals surface area contributed by atoms with Gasteiger partial charge in [-0.1, -0.05) is 12.1 Å². The molecule has 0 bridgehead atoms. The van der Waals surface area contributed by atoms with E-state index in [9.17, 15) is 19.7 Å². The van der Waals surface area contributed by atoms with Gasteiger partial charge < -0.3 is 10.1 Å². The summed E-state index contributed by atoms with van der Waals surface area (Å²) in [5.74, 6) is -0.354. The predicted molar refractivity (Wildman–Crippen MR) is 90.0 cm³/mol. The summed E-state index contributed by atoms with van der Waals surface area (Å²) >= 11 is 0. The molecule has 0 aliphatic carbocycles. The van der Waals surface area contributed by atoms with Crippen molar-refractivity contribution in [1.29, 1.82) is 0 Å². The molecule has 1 aromatic rings. The van der Waals surface area contributed by atoms with Crippen LogP contribution in [-0.4, -0.2) is 28.9 Å². The fraction of sp³-hybridized carbons (Fsp3) is 0.529. The molecule has 0 radical (unpaired) electrons. The lowest BCUT2D eigenvalue weighted by atomic mass is 9.91. The maximum absolute atomic E-state index is 11.8. The highest BCUT2D eigenvalue weighted by Gasteiger charge is 2.19. The molecule has 1 rings (SSSR count). The summed E-state index contributed by atoms with van der Waals surface area (Å²) in [5.41, 5.74) is 0.183. The standard InChI is InChI=1S/C17H24N2O5/c1-12(20)15(13-7-9-14(10-8-13)19(22)23)6-5-11-18-16(21)24-17(2,3)4/h7-10,15H,5-6,11H2,1-4H3,(H,18,21). The van der Waals surface area contributed by atoms with E-state index >= 15 is 0 Å². The van der Waals surface area contributed by atoms with E-state index in [2.05, 4.69) is 5.32 Å². The first-order chi connectivity index (χ1) is 11.1. The lowest BCUT2D eigenvalue weighted by molar-refractivity contribution is -0.384. The maximum Gasteiger partial charge on any atom is 0.407 e. The van der Waals surface area contributed by atoms with Crippen molar-refractivity contribution in [3.63, 3.8) is 0 Å².